The molecule has 3 aromatic carbocycles. The summed E-state index contributed by atoms with van der Waals surface area (Å²) in [6.07, 6.45) is 2.97. The summed E-state index contributed by atoms with van der Waals surface area (Å²) in [5, 5.41) is 2.67. The predicted octanol–water partition coefficient (Wildman–Crippen LogP) is 4.21. The van der Waals surface area contributed by atoms with Crippen LogP contribution in [0.4, 0.5) is 9.18 Å². The largest absolute Gasteiger partial charge is 0.413 e. The van der Waals surface area contributed by atoms with Crippen molar-refractivity contribution in [3.63, 3.8) is 0 Å². The number of Topliss-reactive ketones (excluding diaryl/α,β-unsaturated/α-hetero) is 1. The molecule has 3 amide bonds. The molecule has 1 aromatic heterocycles. The molecule has 1 N–H and O–H groups in total. The maximum absolute atomic E-state index is 14.0. The lowest BCUT2D eigenvalue weighted by molar-refractivity contribution is -0.138. The lowest BCUT2D eigenvalue weighted by atomic mass is 10.0. The number of ether oxygens (including phenoxy) is 1. The fourth-order valence-corrected chi connectivity index (χ4v) is 6.05. The van der Waals surface area contributed by atoms with Gasteiger partial charge in [-0.25, -0.2) is 9.18 Å². The summed E-state index contributed by atoms with van der Waals surface area (Å²) in [6.45, 7) is 0.156. The number of likely N-dealkylation sites (tertiary alicyclic amines) is 2. The van der Waals surface area contributed by atoms with Gasteiger partial charge in [0.2, 0.25) is 11.8 Å². The standard InChI is InChI=1S/C35H31FN4O5/c36-27-12-8-23(9-13-27)19-29(38-35(44)45-28-14-10-26(11-15-28)25-6-2-1-3-7-25)34(43)39-18-16-30-33(39)31(41)22-40(30)32(42)20-24-5-4-17-37-21-24/h1-15,17,21,29-30,33H,16,18-20,22H2,(H,38,44). The molecule has 0 saturated carbocycles. The smallest absolute Gasteiger partial charge is 0.410 e. The number of benzene rings is 3. The number of amides is 3. The van der Waals surface area contributed by atoms with Gasteiger partial charge in [-0.2, -0.15) is 0 Å². The van der Waals surface area contributed by atoms with Crippen molar-refractivity contribution in [2.24, 2.45) is 0 Å². The number of aromatic nitrogens is 1. The van der Waals surface area contributed by atoms with Gasteiger partial charge in [0, 0.05) is 25.4 Å². The summed E-state index contributed by atoms with van der Waals surface area (Å²) in [4.78, 5) is 60.4. The van der Waals surface area contributed by atoms with Gasteiger partial charge in [-0.05, 0) is 59.0 Å². The third kappa shape index (κ3) is 6.75. The molecule has 2 fully saturated rings. The zero-order valence-corrected chi connectivity index (χ0v) is 24.3. The Morgan fingerprint density at radius 2 is 1.62 bits per heavy atom. The SMILES string of the molecule is O=C(NC(Cc1ccc(F)cc1)C(=O)N1CCC2C1C(=O)CN2C(=O)Cc1cccnc1)Oc1ccc(-c2ccccc2)cc1. The Balaban J connectivity index is 1.16. The van der Waals surface area contributed by atoms with Gasteiger partial charge >= 0.3 is 6.09 Å². The van der Waals surface area contributed by atoms with E-state index in [1.54, 1.807) is 41.6 Å². The van der Waals surface area contributed by atoms with Crippen molar-refractivity contribution in [3.05, 3.63) is 120 Å². The van der Waals surface area contributed by atoms with Gasteiger partial charge in [-0.15, -0.1) is 0 Å². The Morgan fingerprint density at radius 3 is 2.33 bits per heavy atom. The molecule has 3 unspecified atom stereocenters. The van der Waals surface area contributed by atoms with Crippen LogP contribution >= 0.6 is 0 Å². The van der Waals surface area contributed by atoms with Crippen molar-refractivity contribution in [3.8, 4) is 16.9 Å². The number of pyridine rings is 1. The topological polar surface area (TPSA) is 109 Å². The number of hydrogen-bond donors (Lipinski definition) is 1. The summed E-state index contributed by atoms with van der Waals surface area (Å²) in [5.41, 5.74) is 3.32. The summed E-state index contributed by atoms with van der Waals surface area (Å²) in [7, 11) is 0. The number of fused-ring (bicyclic) bond motifs is 1. The van der Waals surface area contributed by atoms with Crippen LogP contribution in [0.25, 0.3) is 11.1 Å². The second-order valence-electron chi connectivity index (χ2n) is 11.2. The van der Waals surface area contributed by atoms with E-state index in [1.807, 2.05) is 42.5 Å². The van der Waals surface area contributed by atoms with Crippen LogP contribution in [0.3, 0.4) is 0 Å². The number of carbonyl (C=O) groups is 4. The van der Waals surface area contributed by atoms with E-state index in [4.69, 9.17) is 4.74 Å². The molecule has 2 aliphatic heterocycles. The average molecular weight is 607 g/mol. The normalized spacial score (nSPS) is 17.9. The minimum Gasteiger partial charge on any atom is -0.410 e. The van der Waals surface area contributed by atoms with E-state index in [-0.39, 0.29) is 43.4 Å². The van der Waals surface area contributed by atoms with Crippen LogP contribution in [0.1, 0.15) is 17.5 Å². The van der Waals surface area contributed by atoms with E-state index >= 15 is 0 Å². The van der Waals surface area contributed by atoms with Crippen molar-refractivity contribution >= 4 is 23.7 Å². The second kappa shape index (κ2) is 13.1. The molecule has 0 spiro atoms. The number of nitrogens with zero attached hydrogens (tertiary/aromatic N) is 3. The highest BCUT2D eigenvalue weighted by Crippen LogP contribution is 2.31. The highest BCUT2D eigenvalue weighted by atomic mass is 19.1. The Hall–Kier alpha value is -5.38. The zero-order valence-electron chi connectivity index (χ0n) is 24.3. The fourth-order valence-electron chi connectivity index (χ4n) is 6.05. The molecule has 228 valence electrons. The third-order valence-electron chi connectivity index (χ3n) is 8.22. The van der Waals surface area contributed by atoms with Crippen LogP contribution in [-0.2, 0) is 27.2 Å². The van der Waals surface area contributed by atoms with Crippen LogP contribution in [0.2, 0.25) is 0 Å². The van der Waals surface area contributed by atoms with Crippen molar-refractivity contribution in [1.82, 2.24) is 20.1 Å². The van der Waals surface area contributed by atoms with E-state index in [0.29, 0.717) is 12.0 Å². The molecule has 10 heteroatoms. The van der Waals surface area contributed by atoms with Gasteiger partial charge in [0.1, 0.15) is 23.7 Å². The van der Waals surface area contributed by atoms with Crippen molar-refractivity contribution in [2.75, 3.05) is 13.1 Å². The first-order valence-electron chi connectivity index (χ1n) is 14.8. The van der Waals surface area contributed by atoms with Crippen LogP contribution in [0.5, 0.6) is 5.75 Å². The van der Waals surface area contributed by atoms with Crippen molar-refractivity contribution < 1.29 is 28.3 Å². The molecular formula is C35H31FN4O5. The fraction of sp³-hybridized carbons (Fsp3) is 0.229. The van der Waals surface area contributed by atoms with Crippen LogP contribution in [-0.4, -0.2) is 69.7 Å². The highest BCUT2D eigenvalue weighted by Gasteiger charge is 2.52. The molecule has 0 radical (unpaired) electrons. The number of halogens is 1. The monoisotopic (exact) mass is 606 g/mol. The van der Waals surface area contributed by atoms with E-state index in [0.717, 1.165) is 16.7 Å². The van der Waals surface area contributed by atoms with Gasteiger partial charge in [-0.1, -0.05) is 60.7 Å². The lowest BCUT2D eigenvalue weighted by Gasteiger charge is -2.28. The average Bonchev–Trinajstić information content (AvgIpc) is 3.64. The second-order valence-corrected chi connectivity index (χ2v) is 11.2. The summed E-state index contributed by atoms with van der Waals surface area (Å²) < 4.78 is 19.1. The van der Waals surface area contributed by atoms with Gasteiger partial charge < -0.3 is 19.9 Å². The molecule has 3 heterocycles. The Labute approximate surface area is 259 Å². The van der Waals surface area contributed by atoms with Crippen LogP contribution in [0, 0.1) is 5.82 Å². The number of rotatable bonds is 8. The Bertz CT molecular complexity index is 1680. The molecule has 4 aromatic rings. The van der Waals surface area contributed by atoms with Crippen LogP contribution < -0.4 is 10.1 Å². The summed E-state index contributed by atoms with van der Waals surface area (Å²) in [5.74, 6) is -1.05. The van der Waals surface area contributed by atoms with E-state index in [1.165, 1.54) is 29.2 Å². The van der Waals surface area contributed by atoms with Gasteiger partial charge in [0.25, 0.3) is 0 Å². The van der Waals surface area contributed by atoms with E-state index < -0.39 is 35.9 Å². The highest BCUT2D eigenvalue weighted by molar-refractivity contribution is 5.99. The molecule has 45 heavy (non-hydrogen) atoms. The molecule has 0 aliphatic carbocycles. The van der Waals surface area contributed by atoms with Gasteiger partial charge in [0.05, 0.1) is 19.0 Å². The molecular weight excluding hydrogens is 575 g/mol. The van der Waals surface area contributed by atoms with Crippen LogP contribution in [0.15, 0.2) is 103 Å². The quantitative estimate of drug-likeness (QED) is 0.322. The first kappa shape index (κ1) is 29.7. The molecule has 2 aliphatic rings. The molecule has 9 nitrogen and oxygen atoms in total. The number of ketones is 1. The van der Waals surface area contributed by atoms with Gasteiger partial charge in [-0.3, -0.25) is 19.4 Å². The molecule has 2 saturated heterocycles. The van der Waals surface area contributed by atoms with Crippen molar-refractivity contribution in [1.29, 1.82) is 0 Å². The number of nitrogens with one attached hydrogen (secondary N) is 1. The minimum absolute atomic E-state index is 0.0485. The summed E-state index contributed by atoms with van der Waals surface area (Å²) >= 11 is 0. The molecule has 6 rings (SSSR count). The molecule has 3 atom stereocenters. The van der Waals surface area contributed by atoms with Crippen molar-refractivity contribution in [2.45, 2.75) is 37.4 Å². The van der Waals surface area contributed by atoms with E-state index in [9.17, 15) is 23.6 Å². The molecule has 0 bridgehead atoms. The Morgan fingerprint density at radius 1 is 0.889 bits per heavy atom. The maximum atomic E-state index is 14.0. The minimum atomic E-state index is -1.10. The maximum Gasteiger partial charge on any atom is 0.413 e. The van der Waals surface area contributed by atoms with Gasteiger partial charge in [0.15, 0.2) is 5.78 Å². The lowest BCUT2D eigenvalue weighted by Crippen LogP contribution is -2.53. The zero-order chi connectivity index (χ0) is 31.3. The first-order chi connectivity index (χ1) is 21.9. The first-order valence-corrected chi connectivity index (χ1v) is 14.8. The predicted molar refractivity (Wildman–Crippen MR) is 163 cm³/mol. The van der Waals surface area contributed by atoms with E-state index in [2.05, 4.69) is 10.3 Å². The third-order valence-corrected chi connectivity index (χ3v) is 8.22. The number of carbonyl (C=O) groups excluding carboxylic acids is 4. The Kier molecular flexibility index (Phi) is 8.63. The summed E-state index contributed by atoms with van der Waals surface area (Å²) in [6, 6.07) is 23.6. The number of hydrogen-bond acceptors (Lipinski definition) is 6.